The van der Waals surface area contributed by atoms with Crippen molar-refractivity contribution in [1.29, 1.82) is 0 Å². The number of nitrogens with one attached hydrogen (secondary N) is 1. The van der Waals surface area contributed by atoms with Gasteiger partial charge in [-0.05, 0) is 17.5 Å². The van der Waals surface area contributed by atoms with Crippen LogP contribution in [0.15, 0.2) is 48.7 Å². The van der Waals surface area contributed by atoms with Crippen LogP contribution in [0.5, 0.6) is 0 Å². The number of halogens is 1. The molecule has 1 fully saturated rings. The first-order valence-corrected chi connectivity index (χ1v) is 8.99. The van der Waals surface area contributed by atoms with Gasteiger partial charge < -0.3 is 15.0 Å². The molecule has 3 aromatic rings. The number of hydrogen-bond donors (Lipinski definition) is 1. The third-order valence-corrected chi connectivity index (χ3v) is 4.66. The van der Waals surface area contributed by atoms with Crippen molar-refractivity contribution in [1.82, 2.24) is 14.7 Å². The van der Waals surface area contributed by atoms with E-state index in [9.17, 15) is 14.0 Å². The monoisotopic (exact) mass is 382 g/mol. The van der Waals surface area contributed by atoms with Crippen LogP contribution < -0.4 is 5.32 Å². The van der Waals surface area contributed by atoms with E-state index in [0.29, 0.717) is 48.5 Å². The summed E-state index contributed by atoms with van der Waals surface area (Å²) >= 11 is 0. The Labute approximate surface area is 160 Å². The number of morpholine rings is 1. The van der Waals surface area contributed by atoms with Gasteiger partial charge in [0.1, 0.15) is 12.4 Å². The Hall–Kier alpha value is -3.26. The molecule has 0 radical (unpaired) electrons. The molecule has 1 aliphatic rings. The summed E-state index contributed by atoms with van der Waals surface area (Å²) in [6, 6.07) is 11.2. The van der Waals surface area contributed by atoms with Gasteiger partial charge in [-0.2, -0.15) is 5.10 Å². The van der Waals surface area contributed by atoms with E-state index in [1.807, 2.05) is 0 Å². The number of amides is 2. The predicted molar refractivity (Wildman–Crippen MR) is 101 cm³/mol. The quantitative estimate of drug-likeness (QED) is 0.751. The van der Waals surface area contributed by atoms with Crippen LogP contribution in [-0.4, -0.2) is 52.8 Å². The van der Waals surface area contributed by atoms with Crippen LogP contribution in [-0.2, 0) is 16.1 Å². The lowest BCUT2D eigenvalue weighted by atomic mass is 10.0. The summed E-state index contributed by atoms with van der Waals surface area (Å²) in [6.45, 7) is 2.31. The molecule has 1 aromatic heterocycles. The summed E-state index contributed by atoms with van der Waals surface area (Å²) in [5.74, 6) is -0.485. The van der Waals surface area contributed by atoms with Gasteiger partial charge in [0, 0.05) is 36.3 Å². The fourth-order valence-corrected chi connectivity index (χ4v) is 3.21. The first kappa shape index (κ1) is 18.1. The van der Waals surface area contributed by atoms with Gasteiger partial charge in [-0.3, -0.25) is 14.3 Å². The van der Waals surface area contributed by atoms with E-state index in [1.54, 1.807) is 41.4 Å². The number of hydrogen-bond acceptors (Lipinski definition) is 4. The molecule has 7 nitrogen and oxygen atoms in total. The topological polar surface area (TPSA) is 76.5 Å². The van der Waals surface area contributed by atoms with Crippen molar-refractivity contribution in [2.45, 2.75) is 6.54 Å². The molecule has 8 heteroatoms. The molecule has 2 aromatic carbocycles. The molecule has 0 spiro atoms. The van der Waals surface area contributed by atoms with Crippen LogP contribution in [0.4, 0.5) is 10.2 Å². The minimum absolute atomic E-state index is 0.0474. The maximum Gasteiger partial charge on any atom is 0.257 e. The number of carbonyl (C=O) groups is 2. The molecule has 4 rings (SSSR count). The summed E-state index contributed by atoms with van der Waals surface area (Å²) in [6.07, 6.45) is 1.64. The Kier molecular flexibility index (Phi) is 5.03. The minimum Gasteiger partial charge on any atom is -0.378 e. The number of rotatable bonds is 4. The van der Waals surface area contributed by atoms with Gasteiger partial charge in [0.05, 0.1) is 13.2 Å². The normalized spacial score (nSPS) is 14.2. The lowest BCUT2D eigenvalue weighted by molar-refractivity contribution is -0.136. The van der Waals surface area contributed by atoms with Gasteiger partial charge in [0.2, 0.25) is 5.91 Å². The Morgan fingerprint density at radius 3 is 2.61 bits per heavy atom. The highest BCUT2D eigenvalue weighted by molar-refractivity contribution is 6.12. The summed E-state index contributed by atoms with van der Waals surface area (Å²) < 4.78 is 20.7. The highest BCUT2D eigenvalue weighted by Crippen LogP contribution is 2.22. The molecule has 1 aliphatic heterocycles. The van der Waals surface area contributed by atoms with Gasteiger partial charge in [0.25, 0.3) is 5.91 Å². The summed E-state index contributed by atoms with van der Waals surface area (Å²) in [7, 11) is 0. The first-order valence-electron chi connectivity index (χ1n) is 8.99. The molecule has 2 amide bonds. The zero-order valence-electron chi connectivity index (χ0n) is 15.1. The van der Waals surface area contributed by atoms with Crippen LogP contribution in [0, 0.1) is 5.82 Å². The van der Waals surface area contributed by atoms with Crippen molar-refractivity contribution in [3.63, 3.8) is 0 Å². The van der Waals surface area contributed by atoms with E-state index in [1.165, 1.54) is 16.8 Å². The van der Waals surface area contributed by atoms with Crippen LogP contribution in [0.1, 0.15) is 10.4 Å². The molecule has 0 bridgehead atoms. The smallest absolute Gasteiger partial charge is 0.257 e. The number of nitrogens with zero attached hydrogens (tertiary/aromatic N) is 3. The summed E-state index contributed by atoms with van der Waals surface area (Å²) in [5, 5.41) is 7.86. The highest BCUT2D eigenvalue weighted by atomic mass is 19.1. The molecule has 1 N–H and O–H groups in total. The number of ether oxygens (including phenoxy) is 1. The van der Waals surface area contributed by atoms with Gasteiger partial charge in [-0.25, -0.2) is 4.39 Å². The zero-order valence-corrected chi connectivity index (χ0v) is 15.1. The third kappa shape index (κ3) is 3.72. The zero-order chi connectivity index (χ0) is 19.5. The number of fused-ring (bicyclic) bond motifs is 1. The second-order valence-corrected chi connectivity index (χ2v) is 6.49. The molecule has 0 unspecified atom stereocenters. The van der Waals surface area contributed by atoms with Crippen LogP contribution in [0.3, 0.4) is 0 Å². The van der Waals surface area contributed by atoms with Crippen molar-refractivity contribution < 1.29 is 18.7 Å². The number of aromatic nitrogens is 2. The van der Waals surface area contributed by atoms with Crippen LogP contribution in [0.25, 0.3) is 10.8 Å². The van der Waals surface area contributed by atoms with Crippen molar-refractivity contribution in [2.75, 3.05) is 31.6 Å². The van der Waals surface area contributed by atoms with E-state index in [0.717, 1.165) is 0 Å². The van der Waals surface area contributed by atoms with Crippen LogP contribution in [0.2, 0.25) is 0 Å². The average Bonchev–Trinajstić information content (AvgIpc) is 3.15. The molecular weight excluding hydrogens is 363 g/mol. The van der Waals surface area contributed by atoms with E-state index in [2.05, 4.69) is 10.4 Å². The van der Waals surface area contributed by atoms with Crippen molar-refractivity contribution in [3.8, 4) is 0 Å². The molecule has 0 saturated carbocycles. The number of benzene rings is 2. The van der Waals surface area contributed by atoms with E-state index in [-0.39, 0.29) is 24.2 Å². The lowest BCUT2D eigenvalue weighted by Gasteiger charge is -2.26. The molecule has 2 heterocycles. The number of anilines is 1. The van der Waals surface area contributed by atoms with Gasteiger partial charge in [0.15, 0.2) is 5.82 Å². The Morgan fingerprint density at radius 2 is 1.82 bits per heavy atom. The molecule has 0 aliphatic carbocycles. The molecule has 0 atom stereocenters. The van der Waals surface area contributed by atoms with Gasteiger partial charge >= 0.3 is 0 Å². The highest BCUT2D eigenvalue weighted by Gasteiger charge is 2.18. The van der Waals surface area contributed by atoms with E-state index >= 15 is 0 Å². The van der Waals surface area contributed by atoms with E-state index in [4.69, 9.17) is 4.74 Å². The largest absolute Gasteiger partial charge is 0.378 e. The second-order valence-electron chi connectivity index (χ2n) is 6.49. The Morgan fingerprint density at radius 1 is 1.07 bits per heavy atom. The molecule has 144 valence electrons. The van der Waals surface area contributed by atoms with Crippen molar-refractivity contribution in [3.05, 3.63) is 60.0 Å². The average molecular weight is 382 g/mol. The Bertz CT molecular complexity index is 1030. The molecule has 1 saturated heterocycles. The summed E-state index contributed by atoms with van der Waals surface area (Å²) in [5.41, 5.74) is 0.357. The maximum atomic E-state index is 13.9. The second kappa shape index (κ2) is 7.77. The fourth-order valence-electron chi connectivity index (χ4n) is 3.21. The third-order valence-electron chi connectivity index (χ3n) is 4.66. The van der Waals surface area contributed by atoms with Crippen molar-refractivity contribution >= 4 is 28.4 Å². The van der Waals surface area contributed by atoms with Crippen molar-refractivity contribution in [2.24, 2.45) is 0 Å². The van der Waals surface area contributed by atoms with Gasteiger partial charge in [-0.15, -0.1) is 0 Å². The molecule has 28 heavy (non-hydrogen) atoms. The minimum atomic E-state index is -0.388. The number of carbonyl (C=O) groups excluding carboxylic acids is 2. The van der Waals surface area contributed by atoms with E-state index < -0.39 is 0 Å². The fraction of sp³-hybridized carbons (Fsp3) is 0.250. The Balaban J connectivity index is 1.46. The lowest BCUT2D eigenvalue weighted by Crippen LogP contribution is -2.42. The SMILES string of the molecule is O=C(Nc1ccn(CC(=O)N2CCOCC2)n1)c1ccc(F)c2ccccc12. The standard InChI is InChI=1S/C20H19FN4O3/c21-17-6-5-16(14-3-1-2-4-15(14)17)20(27)22-18-7-8-25(23-18)13-19(26)24-9-11-28-12-10-24/h1-8H,9-13H2,(H,22,23,27). The first-order chi connectivity index (χ1) is 13.6. The maximum absolute atomic E-state index is 13.9. The van der Waals surface area contributed by atoms with Gasteiger partial charge in [-0.1, -0.05) is 24.3 Å². The molecular formula is C20H19FN4O3. The predicted octanol–water partition coefficient (Wildman–Crippen LogP) is 2.29. The van der Waals surface area contributed by atoms with Crippen LogP contribution >= 0.6 is 0 Å². The summed E-state index contributed by atoms with van der Waals surface area (Å²) in [4.78, 5) is 26.7.